The van der Waals surface area contributed by atoms with Crippen LogP contribution < -0.4 is 4.90 Å². The van der Waals surface area contributed by atoms with E-state index < -0.39 is 0 Å². The van der Waals surface area contributed by atoms with Crippen LogP contribution in [0.3, 0.4) is 0 Å². The SMILES string of the molecule is CCOC(=O)c1ccccc1N1C=CC=NC1. The number of para-hydroxylation sites is 1. The normalized spacial score (nSPS) is 13.8. The summed E-state index contributed by atoms with van der Waals surface area (Å²) in [5.74, 6) is -0.300. The van der Waals surface area contributed by atoms with Crippen LogP contribution in [0, 0.1) is 0 Å². The summed E-state index contributed by atoms with van der Waals surface area (Å²) in [4.78, 5) is 17.8. The lowest BCUT2D eigenvalue weighted by molar-refractivity contribution is 0.0527. The van der Waals surface area contributed by atoms with Crippen LogP contribution >= 0.6 is 0 Å². The van der Waals surface area contributed by atoms with Gasteiger partial charge in [-0.2, -0.15) is 0 Å². The van der Waals surface area contributed by atoms with Gasteiger partial charge in [0.05, 0.1) is 17.9 Å². The molecule has 1 aromatic carbocycles. The first-order chi connectivity index (χ1) is 8.33. The number of carbonyl (C=O) groups is 1. The zero-order valence-electron chi connectivity index (χ0n) is 9.67. The van der Waals surface area contributed by atoms with E-state index in [4.69, 9.17) is 4.74 Å². The smallest absolute Gasteiger partial charge is 0.340 e. The van der Waals surface area contributed by atoms with Gasteiger partial charge in [0.15, 0.2) is 0 Å². The Bertz CT molecular complexity index is 466. The molecular weight excluding hydrogens is 216 g/mol. The van der Waals surface area contributed by atoms with E-state index in [2.05, 4.69) is 4.99 Å². The van der Waals surface area contributed by atoms with Crippen LogP contribution in [0.2, 0.25) is 0 Å². The number of hydrogen-bond donors (Lipinski definition) is 0. The van der Waals surface area contributed by atoms with Gasteiger partial charge in [0, 0.05) is 12.4 Å². The van der Waals surface area contributed by atoms with Crippen molar-refractivity contribution in [2.45, 2.75) is 6.92 Å². The molecule has 0 spiro atoms. The van der Waals surface area contributed by atoms with Crippen LogP contribution in [0.5, 0.6) is 0 Å². The Labute approximate surface area is 100 Å². The van der Waals surface area contributed by atoms with Crippen LogP contribution in [-0.2, 0) is 4.74 Å². The summed E-state index contributed by atoms with van der Waals surface area (Å²) in [6.45, 7) is 2.69. The van der Waals surface area contributed by atoms with E-state index in [-0.39, 0.29) is 5.97 Å². The number of benzene rings is 1. The maximum atomic E-state index is 11.8. The zero-order valence-corrected chi connectivity index (χ0v) is 9.67. The van der Waals surface area contributed by atoms with Crippen molar-refractivity contribution >= 4 is 17.9 Å². The summed E-state index contributed by atoms with van der Waals surface area (Å²) in [5.41, 5.74) is 1.38. The molecule has 4 heteroatoms. The van der Waals surface area contributed by atoms with Gasteiger partial charge in [-0.05, 0) is 25.1 Å². The van der Waals surface area contributed by atoms with E-state index in [9.17, 15) is 4.79 Å². The average Bonchev–Trinajstić information content (AvgIpc) is 2.40. The van der Waals surface area contributed by atoms with Crippen molar-refractivity contribution in [2.24, 2.45) is 4.99 Å². The van der Waals surface area contributed by atoms with Crippen LogP contribution in [0.15, 0.2) is 41.5 Å². The lowest BCUT2D eigenvalue weighted by atomic mass is 10.1. The number of esters is 1. The van der Waals surface area contributed by atoms with Crippen LogP contribution in [0.25, 0.3) is 0 Å². The molecule has 2 rings (SSSR count). The summed E-state index contributed by atoms with van der Waals surface area (Å²) in [6, 6.07) is 7.37. The minimum atomic E-state index is -0.300. The average molecular weight is 230 g/mol. The summed E-state index contributed by atoms with van der Waals surface area (Å²) in [7, 11) is 0. The van der Waals surface area contributed by atoms with E-state index in [1.807, 2.05) is 35.4 Å². The van der Waals surface area contributed by atoms with Crippen molar-refractivity contribution in [3.8, 4) is 0 Å². The number of allylic oxidation sites excluding steroid dienone is 1. The number of nitrogens with zero attached hydrogens (tertiary/aromatic N) is 2. The van der Waals surface area contributed by atoms with Gasteiger partial charge in [-0.1, -0.05) is 12.1 Å². The largest absolute Gasteiger partial charge is 0.462 e. The molecular formula is C13H14N2O2. The Morgan fingerprint density at radius 3 is 3.00 bits per heavy atom. The first-order valence-corrected chi connectivity index (χ1v) is 5.52. The second-order valence-corrected chi connectivity index (χ2v) is 3.52. The van der Waals surface area contributed by atoms with Gasteiger partial charge in [0.2, 0.25) is 0 Å². The number of ether oxygens (including phenoxy) is 1. The van der Waals surface area contributed by atoms with E-state index in [0.717, 1.165) is 5.69 Å². The summed E-state index contributed by atoms with van der Waals surface area (Å²) < 4.78 is 5.03. The first-order valence-electron chi connectivity index (χ1n) is 5.52. The Kier molecular flexibility index (Phi) is 3.55. The second-order valence-electron chi connectivity index (χ2n) is 3.52. The number of rotatable bonds is 3. The molecule has 0 aliphatic carbocycles. The van der Waals surface area contributed by atoms with Crippen molar-refractivity contribution in [1.82, 2.24) is 0 Å². The van der Waals surface area contributed by atoms with Crippen molar-refractivity contribution in [3.05, 3.63) is 42.1 Å². The van der Waals surface area contributed by atoms with Gasteiger partial charge in [0.25, 0.3) is 0 Å². The molecule has 4 nitrogen and oxygen atoms in total. The van der Waals surface area contributed by atoms with E-state index in [1.165, 1.54) is 0 Å². The molecule has 1 aliphatic heterocycles. The van der Waals surface area contributed by atoms with E-state index >= 15 is 0 Å². The lowest BCUT2D eigenvalue weighted by Crippen LogP contribution is -2.21. The molecule has 0 fully saturated rings. The Balaban J connectivity index is 2.30. The van der Waals surface area contributed by atoms with Crippen molar-refractivity contribution in [2.75, 3.05) is 18.2 Å². The molecule has 0 N–H and O–H groups in total. The number of anilines is 1. The predicted octanol–water partition coefficient (Wildman–Crippen LogP) is 2.23. The highest BCUT2D eigenvalue weighted by Crippen LogP contribution is 2.22. The molecule has 0 bridgehead atoms. The van der Waals surface area contributed by atoms with Crippen LogP contribution in [-0.4, -0.2) is 25.5 Å². The summed E-state index contributed by atoms with van der Waals surface area (Å²) >= 11 is 0. The van der Waals surface area contributed by atoms with Gasteiger partial charge in [-0.25, -0.2) is 4.79 Å². The molecule has 1 aliphatic rings. The fourth-order valence-corrected chi connectivity index (χ4v) is 1.65. The van der Waals surface area contributed by atoms with E-state index in [1.54, 1.807) is 19.2 Å². The Morgan fingerprint density at radius 2 is 2.29 bits per heavy atom. The van der Waals surface area contributed by atoms with Crippen molar-refractivity contribution < 1.29 is 9.53 Å². The molecule has 0 saturated carbocycles. The topological polar surface area (TPSA) is 41.9 Å². The highest BCUT2D eigenvalue weighted by molar-refractivity contribution is 5.96. The summed E-state index contributed by atoms with van der Waals surface area (Å²) in [6.07, 6.45) is 5.47. The molecule has 0 atom stereocenters. The maximum absolute atomic E-state index is 11.8. The number of aliphatic imine (C=N–C) groups is 1. The molecule has 0 saturated heterocycles. The minimum Gasteiger partial charge on any atom is -0.462 e. The van der Waals surface area contributed by atoms with Crippen LogP contribution in [0.1, 0.15) is 17.3 Å². The zero-order chi connectivity index (χ0) is 12.1. The molecule has 0 amide bonds. The lowest BCUT2D eigenvalue weighted by Gasteiger charge is -2.22. The standard InChI is InChI=1S/C13H14N2O2/c1-2-17-13(16)11-6-3-4-7-12(11)15-9-5-8-14-10-15/h3-9H,2,10H2,1H3. The quantitative estimate of drug-likeness (QED) is 0.748. The third-order valence-electron chi connectivity index (χ3n) is 2.40. The van der Waals surface area contributed by atoms with Gasteiger partial charge < -0.3 is 9.64 Å². The highest BCUT2D eigenvalue weighted by Gasteiger charge is 2.15. The molecule has 0 aromatic heterocycles. The van der Waals surface area contributed by atoms with Crippen molar-refractivity contribution in [1.29, 1.82) is 0 Å². The Morgan fingerprint density at radius 1 is 1.47 bits per heavy atom. The molecule has 1 heterocycles. The maximum Gasteiger partial charge on any atom is 0.340 e. The predicted molar refractivity (Wildman–Crippen MR) is 67.4 cm³/mol. The first kappa shape index (κ1) is 11.4. The fourth-order valence-electron chi connectivity index (χ4n) is 1.65. The van der Waals surface area contributed by atoms with Gasteiger partial charge in [-0.15, -0.1) is 0 Å². The fraction of sp³-hybridized carbons (Fsp3) is 0.231. The van der Waals surface area contributed by atoms with Gasteiger partial charge in [-0.3, -0.25) is 4.99 Å². The third kappa shape index (κ3) is 2.53. The molecule has 17 heavy (non-hydrogen) atoms. The minimum absolute atomic E-state index is 0.300. The summed E-state index contributed by atoms with van der Waals surface area (Å²) in [5, 5.41) is 0. The number of carbonyl (C=O) groups excluding carboxylic acids is 1. The third-order valence-corrected chi connectivity index (χ3v) is 2.40. The Hall–Kier alpha value is -2.10. The molecule has 0 unspecified atom stereocenters. The van der Waals surface area contributed by atoms with Crippen LogP contribution in [0.4, 0.5) is 5.69 Å². The van der Waals surface area contributed by atoms with E-state index in [0.29, 0.717) is 18.8 Å². The van der Waals surface area contributed by atoms with Gasteiger partial charge in [0.1, 0.15) is 6.67 Å². The second kappa shape index (κ2) is 5.30. The van der Waals surface area contributed by atoms with Crippen molar-refractivity contribution in [3.63, 3.8) is 0 Å². The molecule has 1 aromatic rings. The monoisotopic (exact) mass is 230 g/mol. The molecule has 0 radical (unpaired) electrons. The molecule has 88 valence electrons. The van der Waals surface area contributed by atoms with Gasteiger partial charge >= 0.3 is 5.97 Å². The number of hydrogen-bond acceptors (Lipinski definition) is 4. The highest BCUT2D eigenvalue weighted by atomic mass is 16.5.